The third-order valence-electron chi connectivity index (χ3n) is 4.04. The molecule has 1 fully saturated rings. The van der Waals surface area contributed by atoms with E-state index in [1.807, 2.05) is 6.92 Å². The molecule has 1 aliphatic heterocycles. The number of carboxylic acid groups (broad SMARTS) is 1. The molecule has 2 N–H and O–H groups in total. The Kier molecular flexibility index (Phi) is 4.45. The highest BCUT2D eigenvalue weighted by atomic mass is 16.4. The molecule has 2 rings (SSSR count). The molecule has 2 heterocycles. The van der Waals surface area contributed by atoms with E-state index in [-0.39, 0.29) is 18.0 Å². The van der Waals surface area contributed by atoms with Gasteiger partial charge in [0.05, 0.1) is 5.41 Å². The van der Waals surface area contributed by atoms with E-state index in [1.54, 1.807) is 6.07 Å². The maximum Gasteiger partial charge on any atom is 0.311 e. The highest BCUT2D eigenvalue weighted by molar-refractivity contribution is 5.95. The molecular formula is C15H20N2O4. The fourth-order valence-corrected chi connectivity index (χ4v) is 2.98. The van der Waals surface area contributed by atoms with Crippen LogP contribution in [0.5, 0.6) is 5.75 Å². The second-order valence-corrected chi connectivity index (χ2v) is 5.54. The largest absolute Gasteiger partial charge is 0.505 e. The summed E-state index contributed by atoms with van der Waals surface area (Å²) < 4.78 is 0. The first-order chi connectivity index (χ1) is 10.00. The zero-order chi connectivity index (χ0) is 15.5. The molecule has 1 unspecified atom stereocenters. The number of rotatable bonds is 4. The molecule has 1 aromatic rings. The molecule has 1 aromatic heterocycles. The van der Waals surface area contributed by atoms with Crippen molar-refractivity contribution in [3.63, 3.8) is 0 Å². The van der Waals surface area contributed by atoms with E-state index < -0.39 is 17.3 Å². The smallest absolute Gasteiger partial charge is 0.311 e. The van der Waals surface area contributed by atoms with Crippen LogP contribution < -0.4 is 0 Å². The standard InChI is InChI=1S/C15H20N2O4/c1-2-6-15(14(20)21)7-4-9-17(10-15)13(19)12-11(18)5-3-8-16-12/h3,5,8,18H,2,4,6-7,9-10H2,1H3,(H,20,21). The van der Waals surface area contributed by atoms with Crippen LogP contribution in [0.2, 0.25) is 0 Å². The van der Waals surface area contributed by atoms with E-state index in [0.29, 0.717) is 25.8 Å². The number of aromatic nitrogens is 1. The van der Waals surface area contributed by atoms with Crippen molar-refractivity contribution in [2.45, 2.75) is 32.6 Å². The summed E-state index contributed by atoms with van der Waals surface area (Å²) in [5.74, 6) is -1.44. The number of hydrogen-bond donors (Lipinski definition) is 2. The lowest BCUT2D eigenvalue weighted by atomic mass is 9.76. The van der Waals surface area contributed by atoms with Crippen molar-refractivity contribution in [2.75, 3.05) is 13.1 Å². The summed E-state index contributed by atoms with van der Waals surface area (Å²) in [5, 5.41) is 19.3. The second-order valence-electron chi connectivity index (χ2n) is 5.54. The molecule has 0 aromatic carbocycles. The van der Waals surface area contributed by atoms with Gasteiger partial charge in [-0.05, 0) is 31.4 Å². The van der Waals surface area contributed by atoms with Crippen LogP contribution in [0.3, 0.4) is 0 Å². The van der Waals surface area contributed by atoms with Crippen molar-refractivity contribution in [1.82, 2.24) is 9.88 Å². The van der Waals surface area contributed by atoms with Gasteiger partial charge in [0.15, 0.2) is 5.69 Å². The Morgan fingerprint density at radius 1 is 1.48 bits per heavy atom. The third-order valence-corrected chi connectivity index (χ3v) is 4.04. The van der Waals surface area contributed by atoms with Gasteiger partial charge < -0.3 is 15.1 Å². The van der Waals surface area contributed by atoms with Gasteiger partial charge >= 0.3 is 5.97 Å². The van der Waals surface area contributed by atoms with Crippen molar-refractivity contribution in [1.29, 1.82) is 0 Å². The van der Waals surface area contributed by atoms with E-state index in [1.165, 1.54) is 17.2 Å². The maximum absolute atomic E-state index is 12.4. The molecule has 0 bridgehead atoms. The first kappa shape index (κ1) is 15.3. The normalized spacial score (nSPS) is 22.0. The topological polar surface area (TPSA) is 90.7 Å². The predicted molar refractivity (Wildman–Crippen MR) is 76.0 cm³/mol. The van der Waals surface area contributed by atoms with E-state index in [2.05, 4.69) is 4.98 Å². The Hall–Kier alpha value is -2.11. The number of carbonyl (C=O) groups excluding carboxylic acids is 1. The number of hydrogen-bond acceptors (Lipinski definition) is 4. The molecule has 6 nitrogen and oxygen atoms in total. The van der Waals surface area contributed by atoms with Gasteiger partial charge in [0.2, 0.25) is 0 Å². The number of carbonyl (C=O) groups is 2. The van der Waals surface area contributed by atoms with Crippen molar-refractivity contribution in [3.8, 4) is 5.75 Å². The monoisotopic (exact) mass is 292 g/mol. The molecule has 0 spiro atoms. The van der Waals surface area contributed by atoms with Gasteiger partial charge in [-0.1, -0.05) is 13.3 Å². The Morgan fingerprint density at radius 3 is 2.86 bits per heavy atom. The second kappa shape index (κ2) is 6.11. The minimum absolute atomic E-state index is 0.0183. The number of piperidine rings is 1. The van der Waals surface area contributed by atoms with Gasteiger partial charge in [0.25, 0.3) is 5.91 Å². The summed E-state index contributed by atoms with van der Waals surface area (Å²) in [4.78, 5) is 29.5. The number of nitrogens with zero attached hydrogens (tertiary/aromatic N) is 2. The van der Waals surface area contributed by atoms with Gasteiger partial charge in [-0.3, -0.25) is 9.59 Å². The van der Waals surface area contributed by atoms with Crippen LogP contribution in [0, 0.1) is 5.41 Å². The minimum atomic E-state index is -0.882. The molecule has 0 aliphatic carbocycles. The number of likely N-dealkylation sites (tertiary alicyclic amines) is 1. The summed E-state index contributed by atoms with van der Waals surface area (Å²) in [6.45, 7) is 2.61. The third kappa shape index (κ3) is 2.99. The Labute approximate surface area is 123 Å². The van der Waals surface area contributed by atoms with E-state index in [0.717, 1.165) is 6.42 Å². The molecule has 21 heavy (non-hydrogen) atoms. The van der Waals surface area contributed by atoms with Gasteiger partial charge in [-0.2, -0.15) is 0 Å². The number of pyridine rings is 1. The van der Waals surface area contributed by atoms with Gasteiger partial charge in [-0.25, -0.2) is 4.98 Å². The van der Waals surface area contributed by atoms with Gasteiger partial charge in [0.1, 0.15) is 5.75 Å². The van der Waals surface area contributed by atoms with Crippen LogP contribution in [0.4, 0.5) is 0 Å². The lowest BCUT2D eigenvalue weighted by Gasteiger charge is -2.39. The van der Waals surface area contributed by atoms with Crippen LogP contribution >= 0.6 is 0 Å². The average molecular weight is 292 g/mol. The maximum atomic E-state index is 12.4. The molecule has 0 radical (unpaired) electrons. The molecule has 1 amide bonds. The molecule has 6 heteroatoms. The summed E-state index contributed by atoms with van der Waals surface area (Å²) in [7, 11) is 0. The number of amides is 1. The Morgan fingerprint density at radius 2 is 2.24 bits per heavy atom. The molecule has 1 atom stereocenters. The highest BCUT2D eigenvalue weighted by Crippen LogP contribution is 2.35. The fraction of sp³-hybridized carbons (Fsp3) is 0.533. The molecule has 1 saturated heterocycles. The lowest BCUT2D eigenvalue weighted by Crippen LogP contribution is -2.50. The van der Waals surface area contributed by atoms with Crippen molar-refractivity contribution >= 4 is 11.9 Å². The van der Waals surface area contributed by atoms with E-state index in [4.69, 9.17) is 0 Å². The first-order valence-electron chi connectivity index (χ1n) is 7.17. The van der Waals surface area contributed by atoms with E-state index >= 15 is 0 Å². The van der Waals surface area contributed by atoms with E-state index in [9.17, 15) is 19.8 Å². The summed E-state index contributed by atoms with van der Waals surface area (Å²) in [6, 6.07) is 2.95. The number of aliphatic carboxylic acids is 1. The van der Waals surface area contributed by atoms with Crippen LogP contribution in [-0.4, -0.2) is 45.1 Å². The van der Waals surface area contributed by atoms with Crippen LogP contribution in [-0.2, 0) is 4.79 Å². The number of carboxylic acids is 1. The van der Waals surface area contributed by atoms with Gasteiger partial charge in [-0.15, -0.1) is 0 Å². The number of aromatic hydroxyl groups is 1. The zero-order valence-electron chi connectivity index (χ0n) is 12.1. The summed E-state index contributed by atoms with van der Waals surface area (Å²) >= 11 is 0. The van der Waals surface area contributed by atoms with Crippen LogP contribution in [0.25, 0.3) is 0 Å². The average Bonchev–Trinajstić information content (AvgIpc) is 2.47. The summed E-state index contributed by atoms with van der Waals surface area (Å²) in [5.41, 5.74) is -0.900. The zero-order valence-corrected chi connectivity index (χ0v) is 12.1. The Bertz CT molecular complexity index is 542. The molecular weight excluding hydrogens is 272 g/mol. The first-order valence-corrected chi connectivity index (χ1v) is 7.17. The predicted octanol–water partition coefficient (Wildman–Crippen LogP) is 1.89. The Balaban J connectivity index is 2.23. The summed E-state index contributed by atoms with van der Waals surface area (Å²) in [6.07, 6.45) is 3.96. The van der Waals surface area contributed by atoms with Crippen LogP contribution in [0.15, 0.2) is 18.3 Å². The lowest BCUT2D eigenvalue weighted by molar-refractivity contribution is -0.152. The molecule has 1 aliphatic rings. The van der Waals surface area contributed by atoms with Crippen molar-refractivity contribution < 1.29 is 19.8 Å². The van der Waals surface area contributed by atoms with Crippen molar-refractivity contribution in [2.24, 2.45) is 5.41 Å². The SMILES string of the molecule is CCCC1(C(=O)O)CCCN(C(=O)c2ncccc2O)C1. The minimum Gasteiger partial charge on any atom is -0.505 e. The van der Waals surface area contributed by atoms with Gasteiger partial charge in [0, 0.05) is 19.3 Å². The van der Waals surface area contributed by atoms with Crippen LogP contribution in [0.1, 0.15) is 43.1 Å². The quantitative estimate of drug-likeness (QED) is 0.884. The molecule has 0 saturated carbocycles. The molecule has 114 valence electrons. The fourth-order valence-electron chi connectivity index (χ4n) is 2.98. The highest BCUT2D eigenvalue weighted by Gasteiger charge is 2.43. The van der Waals surface area contributed by atoms with Crippen molar-refractivity contribution in [3.05, 3.63) is 24.0 Å².